The van der Waals surface area contributed by atoms with E-state index in [4.69, 9.17) is 0 Å². The lowest BCUT2D eigenvalue weighted by atomic mass is 9.92. The smallest absolute Gasteiger partial charge is 0.248 e. The van der Waals surface area contributed by atoms with Crippen molar-refractivity contribution in [2.24, 2.45) is 11.8 Å². The van der Waals surface area contributed by atoms with Crippen LogP contribution in [0.1, 0.15) is 20.3 Å². The molecule has 1 aromatic heterocycles. The number of carbonyl (C=O) groups is 1. The summed E-state index contributed by atoms with van der Waals surface area (Å²) in [7, 11) is -2.39. The van der Waals surface area contributed by atoms with Crippen LogP contribution in [0, 0.1) is 11.8 Å². The Morgan fingerprint density at radius 1 is 1.19 bits per heavy atom. The van der Waals surface area contributed by atoms with Gasteiger partial charge in [-0.25, -0.2) is 8.42 Å². The molecule has 1 amide bonds. The Bertz CT molecular complexity index is 1010. The fourth-order valence-electron chi connectivity index (χ4n) is 3.71. The molecular formula is C19H25N3O4S. The van der Waals surface area contributed by atoms with E-state index in [1.54, 1.807) is 17.0 Å². The van der Waals surface area contributed by atoms with Crippen LogP contribution >= 0.6 is 0 Å². The number of likely N-dealkylation sites (N-methyl/N-ethyl adjacent to an activating group) is 1. The van der Waals surface area contributed by atoms with Gasteiger partial charge in [-0.05, 0) is 47.9 Å². The van der Waals surface area contributed by atoms with Crippen molar-refractivity contribution in [2.75, 3.05) is 26.7 Å². The van der Waals surface area contributed by atoms with Gasteiger partial charge in [-0.15, -0.1) is 0 Å². The molecule has 0 saturated carbocycles. The van der Waals surface area contributed by atoms with Gasteiger partial charge in [-0.2, -0.15) is 4.31 Å². The fourth-order valence-corrected chi connectivity index (χ4v) is 4.87. The molecule has 146 valence electrons. The molecule has 0 radical (unpaired) electrons. The summed E-state index contributed by atoms with van der Waals surface area (Å²) >= 11 is 0. The van der Waals surface area contributed by atoms with E-state index in [0.717, 1.165) is 10.7 Å². The average molecular weight is 391 g/mol. The largest absolute Gasteiger partial charge is 0.341 e. The zero-order valence-corrected chi connectivity index (χ0v) is 16.6. The van der Waals surface area contributed by atoms with Crippen LogP contribution in [-0.2, 0) is 14.8 Å². The molecule has 0 unspecified atom stereocenters. The molecule has 1 aliphatic rings. The number of sulfonamides is 1. The lowest BCUT2D eigenvalue weighted by Crippen LogP contribution is -2.47. The van der Waals surface area contributed by atoms with Gasteiger partial charge < -0.3 is 9.88 Å². The molecule has 27 heavy (non-hydrogen) atoms. The highest BCUT2D eigenvalue weighted by Gasteiger charge is 2.29. The van der Waals surface area contributed by atoms with Gasteiger partial charge >= 0.3 is 0 Å². The highest BCUT2D eigenvalue weighted by atomic mass is 32.2. The van der Waals surface area contributed by atoms with Gasteiger partial charge in [-0.3, -0.25) is 9.59 Å². The number of rotatable bonds is 4. The van der Waals surface area contributed by atoms with E-state index in [9.17, 15) is 18.0 Å². The molecule has 1 aromatic carbocycles. The molecule has 1 saturated heterocycles. The second kappa shape index (κ2) is 7.44. The third-order valence-corrected chi connectivity index (χ3v) is 6.78. The first kappa shape index (κ1) is 19.6. The number of H-pyrrole nitrogens is 1. The summed E-state index contributed by atoms with van der Waals surface area (Å²) in [6.45, 7) is 5.36. The predicted octanol–water partition coefficient (Wildman–Crippen LogP) is 1.65. The number of nitrogens with zero attached hydrogens (tertiary/aromatic N) is 2. The van der Waals surface area contributed by atoms with E-state index in [0.29, 0.717) is 35.8 Å². The van der Waals surface area contributed by atoms with E-state index in [2.05, 4.69) is 18.8 Å². The maximum atomic E-state index is 12.9. The number of benzene rings is 1. The fraction of sp³-hybridized carbons (Fsp3) is 0.474. The van der Waals surface area contributed by atoms with Gasteiger partial charge in [0.15, 0.2) is 0 Å². The Balaban J connectivity index is 1.78. The Kier molecular flexibility index (Phi) is 5.39. The normalized spacial score (nSPS) is 21.0. The molecule has 1 aliphatic heterocycles. The van der Waals surface area contributed by atoms with Crippen LogP contribution in [0.4, 0.5) is 0 Å². The Labute approximate surface area is 159 Å². The number of hydrogen-bond donors (Lipinski definition) is 1. The van der Waals surface area contributed by atoms with Crippen molar-refractivity contribution in [1.82, 2.24) is 14.2 Å². The number of carbonyl (C=O) groups excluding carboxylic acids is 1. The third kappa shape index (κ3) is 4.22. The topological polar surface area (TPSA) is 90.6 Å². The molecule has 3 rings (SSSR count). The molecule has 8 heteroatoms. The molecule has 0 aliphatic carbocycles. The zero-order chi connectivity index (χ0) is 19.8. The number of aromatic amines is 1. The van der Waals surface area contributed by atoms with E-state index >= 15 is 0 Å². The Hall–Kier alpha value is -2.19. The van der Waals surface area contributed by atoms with Gasteiger partial charge in [0.2, 0.25) is 21.5 Å². The maximum absolute atomic E-state index is 12.9. The molecule has 2 aromatic rings. The SMILES string of the molecule is C[C@H]1C[C@H](C)CN(C(=O)CN(C)S(=O)(=O)c2ccc3[nH]c(=O)ccc3c2)C1. The third-order valence-electron chi connectivity index (χ3n) is 4.98. The average Bonchev–Trinajstić information content (AvgIpc) is 2.60. The van der Waals surface area contributed by atoms with Crippen LogP contribution in [-0.4, -0.2) is 55.2 Å². The molecular weight excluding hydrogens is 366 g/mol. The zero-order valence-electron chi connectivity index (χ0n) is 15.8. The summed E-state index contributed by atoms with van der Waals surface area (Å²) in [5.41, 5.74) is 0.322. The van der Waals surface area contributed by atoms with Gasteiger partial charge in [0.1, 0.15) is 0 Å². The van der Waals surface area contributed by atoms with Crippen molar-refractivity contribution in [3.63, 3.8) is 0 Å². The highest BCUT2D eigenvalue weighted by Crippen LogP contribution is 2.22. The minimum absolute atomic E-state index is 0.0951. The number of amides is 1. The standard InChI is InChI=1S/C19H25N3O4S/c1-13-8-14(2)11-22(10-13)19(24)12-21(3)27(25,26)16-5-6-17-15(9-16)4-7-18(23)20-17/h4-7,9,13-14H,8,10-12H2,1-3H3,(H,20,23)/t13-,14-/m0/s1. The van der Waals surface area contributed by atoms with Gasteiger partial charge in [-0.1, -0.05) is 13.8 Å². The Morgan fingerprint density at radius 3 is 2.52 bits per heavy atom. The minimum Gasteiger partial charge on any atom is -0.341 e. The van der Waals surface area contributed by atoms with Crippen molar-refractivity contribution in [2.45, 2.75) is 25.2 Å². The van der Waals surface area contributed by atoms with E-state index < -0.39 is 10.0 Å². The second-order valence-corrected chi connectivity index (χ2v) is 9.62. The number of pyridine rings is 1. The Morgan fingerprint density at radius 2 is 1.85 bits per heavy atom. The number of nitrogens with one attached hydrogen (secondary N) is 1. The van der Waals surface area contributed by atoms with Gasteiger partial charge in [0.25, 0.3) is 0 Å². The molecule has 1 fully saturated rings. The summed E-state index contributed by atoms with van der Waals surface area (Å²) in [5, 5.41) is 0.620. The lowest BCUT2D eigenvalue weighted by molar-refractivity contribution is -0.133. The van der Waals surface area contributed by atoms with Crippen molar-refractivity contribution in [3.8, 4) is 0 Å². The maximum Gasteiger partial charge on any atom is 0.248 e. The number of piperidine rings is 1. The summed E-state index contributed by atoms with van der Waals surface area (Å²) in [5.74, 6) is 0.661. The van der Waals surface area contributed by atoms with E-state index in [-0.39, 0.29) is 22.9 Å². The summed E-state index contributed by atoms with van der Waals surface area (Å²) < 4.78 is 26.8. The van der Waals surface area contributed by atoms with E-state index in [1.165, 1.54) is 25.2 Å². The van der Waals surface area contributed by atoms with Crippen LogP contribution in [0.5, 0.6) is 0 Å². The highest BCUT2D eigenvalue weighted by molar-refractivity contribution is 7.89. The van der Waals surface area contributed by atoms with Crippen LogP contribution in [0.3, 0.4) is 0 Å². The van der Waals surface area contributed by atoms with Crippen LogP contribution in [0.2, 0.25) is 0 Å². The first-order valence-electron chi connectivity index (χ1n) is 9.04. The lowest BCUT2D eigenvalue weighted by Gasteiger charge is -2.35. The van der Waals surface area contributed by atoms with Crippen molar-refractivity contribution >= 4 is 26.8 Å². The minimum atomic E-state index is -3.81. The quantitative estimate of drug-likeness (QED) is 0.858. The van der Waals surface area contributed by atoms with Crippen LogP contribution < -0.4 is 5.56 Å². The summed E-state index contributed by atoms with van der Waals surface area (Å²) in [6.07, 6.45) is 1.08. The van der Waals surface area contributed by atoms with Crippen molar-refractivity contribution in [3.05, 3.63) is 40.7 Å². The van der Waals surface area contributed by atoms with Crippen LogP contribution in [0.15, 0.2) is 40.0 Å². The second-order valence-electron chi connectivity index (χ2n) is 7.58. The van der Waals surface area contributed by atoms with Gasteiger partial charge in [0, 0.05) is 31.7 Å². The molecule has 7 nitrogen and oxygen atoms in total. The van der Waals surface area contributed by atoms with E-state index in [1.807, 2.05) is 0 Å². The molecule has 0 spiro atoms. The number of likely N-dealkylation sites (tertiary alicyclic amines) is 1. The first-order chi connectivity index (χ1) is 12.7. The first-order valence-corrected chi connectivity index (χ1v) is 10.5. The summed E-state index contributed by atoms with van der Waals surface area (Å²) in [6, 6.07) is 7.44. The van der Waals surface area contributed by atoms with Gasteiger partial charge in [0.05, 0.1) is 11.4 Å². The monoisotopic (exact) mass is 391 g/mol. The molecule has 2 heterocycles. The predicted molar refractivity (Wildman–Crippen MR) is 104 cm³/mol. The number of fused-ring (bicyclic) bond motifs is 1. The molecule has 2 atom stereocenters. The van der Waals surface area contributed by atoms with Crippen LogP contribution in [0.25, 0.3) is 10.9 Å². The summed E-state index contributed by atoms with van der Waals surface area (Å²) in [4.78, 5) is 28.5. The number of hydrogen-bond acceptors (Lipinski definition) is 4. The molecule has 1 N–H and O–H groups in total. The molecule has 0 bridgehead atoms. The number of aromatic nitrogens is 1. The van der Waals surface area contributed by atoms with Crippen molar-refractivity contribution in [1.29, 1.82) is 0 Å². The van der Waals surface area contributed by atoms with Crippen molar-refractivity contribution < 1.29 is 13.2 Å².